The Morgan fingerprint density at radius 3 is 2.79 bits per heavy atom. The number of aliphatic hydroxyl groups is 1. The van der Waals surface area contributed by atoms with Gasteiger partial charge in [-0.15, -0.1) is 0 Å². The van der Waals surface area contributed by atoms with Crippen molar-refractivity contribution in [3.05, 3.63) is 35.4 Å². The van der Waals surface area contributed by atoms with Crippen LogP contribution in [0.4, 0.5) is 0 Å². The van der Waals surface area contributed by atoms with E-state index in [4.69, 9.17) is 9.84 Å². The summed E-state index contributed by atoms with van der Waals surface area (Å²) in [6, 6.07) is 8.18. The van der Waals surface area contributed by atoms with Gasteiger partial charge in [-0.1, -0.05) is 24.0 Å². The first-order chi connectivity index (χ1) is 9.28. The third-order valence-electron chi connectivity index (χ3n) is 3.26. The Kier molecular flexibility index (Phi) is 5.41. The summed E-state index contributed by atoms with van der Waals surface area (Å²) in [6.45, 7) is 2.74. The quantitative estimate of drug-likeness (QED) is 0.834. The van der Waals surface area contributed by atoms with Gasteiger partial charge in [0, 0.05) is 25.3 Å². The second-order valence-electron chi connectivity index (χ2n) is 4.99. The minimum atomic E-state index is -0.0914. The molecule has 3 nitrogen and oxygen atoms in total. The van der Waals surface area contributed by atoms with Gasteiger partial charge in [0.05, 0.1) is 6.10 Å². The van der Waals surface area contributed by atoms with Gasteiger partial charge >= 0.3 is 0 Å². The first-order valence-electron chi connectivity index (χ1n) is 6.77. The number of hydrogen-bond donors (Lipinski definition) is 1. The molecule has 2 rings (SSSR count). The van der Waals surface area contributed by atoms with E-state index in [0.717, 1.165) is 25.3 Å². The van der Waals surface area contributed by atoms with Crippen molar-refractivity contribution in [2.45, 2.75) is 25.5 Å². The van der Waals surface area contributed by atoms with Gasteiger partial charge < -0.3 is 9.84 Å². The van der Waals surface area contributed by atoms with E-state index in [1.165, 1.54) is 18.4 Å². The summed E-state index contributed by atoms with van der Waals surface area (Å²) >= 11 is 0. The summed E-state index contributed by atoms with van der Waals surface area (Å²) in [5.41, 5.74) is 2.22. The molecule has 3 heteroatoms. The molecule has 1 aromatic carbocycles. The van der Waals surface area contributed by atoms with Crippen LogP contribution in [0, 0.1) is 11.8 Å². The standard InChI is InChI=1S/C16H21NO2/c1-17(13-16-5-3-11-19-16)12-15-8-6-14(7-9-15)4-2-10-18/h6-9,16,18H,3,5,10-13H2,1H3. The average molecular weight is 259 g/mol. The molecule has 1 heterocycles. The zero-order valence-electron chi connectivity index (χ0n) is 11.4. The summed E-state index contributed by atoms with van der Waals surface area (Å²) in [5, 5.41) is 8.64. The highest BCUT2D eigenvalue weighted by atomic mass is 16.5. The number of benzene rings is 1. The fraction of sp³-hybridized carbons (Fsp3) is 0.500. The van der Waals surface area contributed by atoms with Crippen molar-refractivity contribution in [2.24, 2.45) is 0 Å². The van der Waals surface area contributed by atoms with Crippen LogP contribution >= 0.6 is 0 Å². The molecule has 0 spiro atoms. The molecule has 102 valence electrons. The largest absolute Gasteiger partial charge is 0.384 e. The van der Waals surface area contributed by atoms with Crippen molar-refractivity contribution < 1.29 is 9.84 Å². The van der Waals surface area contributed by atoms with Gasteiger partial charge in [0.1, 0.15) is 6.61 Å². The fourth-order valence-electron chi connectivity index (χ4n) is 2.35. The molecule has 0 radical (unpaired) electrons. The monoisotopic (exact) mass is 259 g/mol. The second-order valence-corrected chi connectivity index (χ2v) is 4.99. The van der Waals surface area contributed by atoms with Crippen LogP contribution in [0.2, 0.25) is 0 Å². The van der Waals surface area contributed by atoms with Crippen LogP contribution in [-0.2, 0) is 11.3 Å². The van der Waals surface area contributed by atoms with E-state index in [-0.39, 0.29) is 6.61 Å². The van der Waals surface area contributed by atoms with Crippen molar-refractivity contribution in [3.8, 4) is 11.8 Å². The number of aliphatic hydroxyl groups excluding tert-OH is 1. The highest BCUT2D eigenvalue weighted by Gasteiger charge is 2.17. The summed E-state index contributed by atoms with van der Waals surface area (Å²) in [7, 11) is 2.13. The van der Waals surface area contributed by atoms with Gasteiger partial charge in [0.25, 0.3) is 0 Å². The number of nitrogens with zero attached hydrogens (tertiary/aromatic N) is 1. The van der Waals surface area contributed by atoms with Crippen LogP contribution in [0.3, 0.4) is 0 Å². The first kappa shape index (κ1) is 14.1. The van der Waals surface area contributed by atoms with E-state index in [9.17, 15) is 0 Å². The molecular formula is C16H21NO2. The number of likely N-dealkylation sites (N-methyl/N-ethyl adjacent to an activating group) is 1. The summed E-state index contributed by atoms with van der Waals surface area (Å²) in [5.74, 6) is 5.55. The minimum Gasteiger partial charge on any atom is -0.384 e. The molecule has 0 bridgehead atoms. The lowest BCUT2D eigenvalue weighted by Gasteiger charge is -2.20. The van der Waals surface area contributed by atoms with Crippen LogP contribution < -0.4 is 0 Å². The molecule has 1 fully saturated rings. The normalized spacial score (nSPS) is 18.4. The Bertz CT molecular complexity index is 438. The summed E-state index contributed by atoms with van der Waals surface area (Å²) < 4.78 is 5.64. The molecule has 1 unspecified atom stereocenters. The molecule has 0 amide bonds. The van der Waals surface area contributed by atoms with E-state index < -0.39 is 0 Å². The first-order valence-corrected chi connectivity index (χ1v) is 6.77. The zero-order valence-corrected chi connectivity index (χ0v) is 11.4. The molecule has 1 saturated heterocycles. The van der Waals surface area contributed by atoms with E-state index in [0.29, 0.717) is 6.10 Å². The maximum absolute atomic E-state index is 8.64. The maximum Gasteiger partial charge on any atom is 0.104 e. The molecule has 1 aliphatic heterocycles. The van der Waals surface area contributed by atoms with Crippen molar-refractivity contribution in [3.63, 3.8) is 0 Å². The highest BCUT2D eigenvalue weighted by Crippen LogP contribution is 2.14. The molecule has 0 aliphatic carbocycles. The Morgan fingerprint density at radius 2 is 2.16 bits per heavy atom. The predicted molar refractivity (Wildman–Crippen MR) is 75.7 cm³/mol. The fourth-order valence-corrected chi connectivity index (χ4v) is 2.35. The molecule has 0 saturated carbocycles. The molecule has 0 aromatic heterocycles. The summed E-state index contributed by atoms with van der Waals surface area (Å²) in [4.78, 5) is 2.30. The lowest BCUT2D eigenvalue weighted by atomic mass is 10.1. The lowest BCUT2D eigenvalue weighted by Crippen LogP contribution is -2.28. The van der Waals surface area contributed by atoms with E-state index >= 15 is 0 Å². The van der Waals surface area contributed by atoms with Crippen LogP contribution in [0.15, 0.2) is 24.3 Å². The van der Waals surface area contributed by atoms with E-state index in [2.05, 4.69) is 35.9 Å². The Labute approximate surface area is 115 Å². The summed E-state index contributed by atoms with van der Waals surface area (Å²) in [6.07, 6.45) is 2.77. The molecule has 1 aliphatic rings. The highest BCUT2D eigenvalue weighted by molar-refractivity contribution is 5.36. The zero-order chi connectivity index (χ0) is 13.5. The number of rotatable bonds is 4. The minimum absolute atomic E-state index is 0.0914. The van der Waals surface area contributed by atoms with E-state index in [1.54, 1.807) is 0 Å². The van der Waals surface area contributed by atoms with Crippen molar-refractivity contribution >= 4 is 0 Å². The van der Waals surface area contributed by atoms with Gasteiger partial charge in [-0.25, -0.2) is 0 Å². The van der Waals surface area contributed by atoms with Gasteiger partial charge in [0.2, 0.25) is 0 Å². The van der Waals surface area contributed by atoms with Crippen LogP contribution in [0.5, 0.6) is 0 Å². The topological polar surface area (TPSA) is 32.7 Å². The van der Waals surface area contributed by atoms with Crippen LogP contribution in [0.1, 0.15) is 24.0 Å². The molecule has 1 N–H and O–H groups in total. The lowest BCUT2D eigenvalue weighted by molar-refractivity contribution is 0.0793. The van der Waals surface area contributed by atoms with Crippen molar-refractivity contribution in [1.29, 1.82) is 0 Å². The van der Waals surface area contributed by atoms with Gasteiger partial charge in [-0.2, -0.15) is 0 Å². The van der Waals surface area contributed by atoms with Gasteiger partial charge in [-0.3, -0.25) is 4.90 Å². The number of ether oxygens (including phenoxy) is 1. The van der Waals surface area contributed by atoms with Gasteiger partial charge in [-0.05, 0) is 37.6 Å². The second kappa shape index (κ2) is 7.30. The van der Waals surface area contributed by atoms with Crippen LogP contribution in [0.25, 0.3) is 0 Å². The van der Waals surface area contributed by atoms with E-state index in [1.807, 2.05) is 12.1 Å². The predicted octanol–water partition coefficient (Wildman–Crippen LogP) is 1.64. The Morgan fingerprint density at radius 1 is 1.37 bits per heavy atom. The SMILES string of the molecule is CN(Cc1ccc(C#CCO)cc1)CC1CCCO1. The molecule has 19 heavy (non-hydrogen) atoms. The van der Waals surface area contributed by atoms with Crippen molar-refractivity contribution in [1.82, 2.24) is 4.90 Å². The van der Waals surface area contributed by atoms with Gasteiger partial charge in [0.15, 0.2) is 0 Å². The average Bonchev–Trinajstić information content (AvgIpc) is 2.90. The molecule has 1 aromatic rings. The Hall–Kier alpha value is -1.34. The van der Waals surface area contributed by atoms with Crippen LogP contribution in [-0.4, -0.2) is 42.9 Å². The Balaban J connectivity index is 1.84. The third-order valence-corrected chi connectivity index (χ3v) is 3.26. The molecular weight excluding hydrogens is 238 g/mol. The molecule has 1 atom stereocenters. The third kappa shape index (κ3) is 4.68. The maximum atomic E-state index is 8.64. The van der Waals surface area contributed by atoms with Crippen molar-refractivity contribution in [2.75, 3.05) is 26.8 Å². The smallest absolute Gasteiger partial charge is 0.104 e. The number of hydrogen-bond acceptors (Lipinski definition) is 3.